The molecule has 0 aliphatic carbocycles. The fourth-order valence-corrected chi connectivity index (χ4v) is 2.67. The van der Waals surface area contributed by atoms with E-state index in [0.717, 1.165) is 0 Å². The first-order valence-electron chi connectivity index (χ1n) is 5.72. The first-order valence-corrected chi connectivity index (χ1v) is 7.21. The van der Waals surface area contributed by atoms with Crippen molar-refractivity contribution in [3.8, 4) is 0 Å². The predicted molar refractivity (Wildman–Crippen MR) is 67.8 cm³/mol. The van der Waals surface area contributed by atoms with Crippen LogP contribution in [0.5, 0.6) is 0 Å². The minimum Gasteiger partial charge on any atom is -0.390 e. The lowest BCUT2D eigenvalue weighted by Crippen LogP contribution is -2.26. The Morgan fingerprint density at radius 2 is 2.17 bits per heavy atom. The van der Waals surface area contributed by atoms with Crippen molar-refractivity contribution in [3.05, 3.63) is 18.0 Å². The molecule has 0 radical (unpaired) electrons. The lowest BCUT2D eigenvalue weighted by molar-refractivity contribution is 0.204. The van der Waals surface area contributed by atoms with Gasteiger partial charge < -0.3 is 14.4 Å². The molecule has 18 heavy (non-hydrogen) atoms. The fraction of sp³-hybridized carbons (Fsp3) is 0.636. The number of ether oxygens (including phenoxy) is 1. The van der Waals surface area contributed by atoms with Crippen molar-refractivity contribution in [3.63, 3.8) is 0 Å². The summed E-state index contributed by atoms with van der Waals surface area (Å²) in [6, 6.07) is 1.57. The maximum absolute atomic E-state index is 11.9. The number of aliphatic hydroxyl groups is 1. The number of methoxy groups -OCH3 is 1. The predicted octanol–water partition coefficient (Wildman–Crippen LogP) is 0.486. The first kappa shape index (κ1) is 15.2. The Morgan fingerprint density at radius 3 is 2.61 bits per heavy atom. The van der Waals surface area contributed by atoms with Crippen LogP contribution in [0.15, 0.2) is 17.2 Å². The van der Waals surface area contributed by atoms with E-state index in [4.69, 9.17) is 4.74 Å². The lowest BCUT2D eigenvalue weighted by atomic mass is 10.3. The molecule has 0 spiro atoms. The van der Waals surface area contributed by atoms with Gasteiger partial charge in [0.05, 0.1) is 18.1 Å². The van der Waals surface area contributed by atoms with Crippen LogP contribution in [0.2, 0.25) is 0 Å². The molecule has 104 valence electrons. The summed E-state index contributed by atoms with van der Waals surface area (Å²) in [7, 11) is -2.03. The summed E-state index contributed by atoms with van der Waals surface area (Å²) in [4.78, 5) is 0.163. The summed E-state index contributed by atoms with van der Waals surface area (Å²) in [5.41, 5.74) is 0.581. The molecule has 1 rings (SSSR count). The van der Waals surface area contributed by atoms with Gasteiger partial charge in [-0.05, 0) is 19.9 Å². The van der Waals surface area contributed by atoms with Crippen LogP contribution in [0.3, 0.4) is 0 Å². The molecule has 1 aromatic heterocycles. The van der Waals surface area contributed by atoms with E-state index >= 15 is 0 Å². The van der Waals surface area contributed by atoms with Crippen molar-refractivity contribution in [2.75, 3.05) is 20.3 Å². The number of nitrogens with zero attached hydrogens (tertiary/aromatic N) is 1. The summed E-state index contributed by atoms with van der Waals surface area (Å²) in [5, 5.41) is 9.20. The second-order valence-electron chi connectivity index (χ2n) is 4.22. The Hall–Kier alpha value is -0.890. The number of aromatic nitrogens is 1. The van der Waals surface area contributed by atoms with Gasteiger partial charge in [0, 0.05) is 31.6 Å². The number of aliphatic hydroxyl groups excluding tert-OH is 1. The number of nitrogens with one attached hydrogen (secondary N) is 1. The molecule has 0 atom stereocenters. The largest absolute Gasteiger partial charge is 0.390 e. The van der Waals surface area contributed by atoms with E-state index in [2.05, 4.69) is 4.72 Å². The Morgan fingerprint density at radius 1 is 1.50 bits per heavy atom. The molecule has 1 heterocycles. The highest BCUT2D eigenvalue weighted by molar-refractivity contribution is 7.89. The summed E-state index contributed by atoms with van der Waals surface area (Å²) < 4.78 is 32.9. The Bertz CT molecular complexity index is 479. The molecule has 0 fully saturated rings. The van der Waals surface area contributed by atoms with Crippen LogP contribution in [0, 0.1) is 0 Å². The van der Waals surface area contributed by atoms with E-state index in [-0.39, 0.29) is 24.1 Å². The van der Waals surface area contributed by atoms with Gasteiger partial charge in [-0.25, -0.2) is 13.1 Å². The molecule has 0 bridgehead atoms. The molecule has 7 heteroatoms. The number of hydrogen-bond donors (Lipinski definition) is 2. The second-order valence-corrected chi connectivity index (χ2v) is 5.98. The molecule has 0 aliphatic rings. The zero-order valence-electron chi connectivity index (χ0n) is 10.9. The number of sulfonamides is 1. The fourth-order valence-electron chi connectivity index (χ4n) is 1.61. The molecule has 1 aromatic rings. The van der Waals surface area contributed by atoms with Gasteiger partial charge in [0.15, 0.2) is 0 Å². The van der Waals surface area contributed by atoms with Crippen LogP contribution < -0.4 is 4.72 Å². The van der Waals surface area contributed by atoms with Crippen molar-refractivity contribution in [2.45, 2.75) is 31.4 Å². The van der Waals surface area contributed by atoms with Crippen LogP contribution in [0.25, 0.3) is 0 Å². The van der Waals surface area contributed by atoms with Crippen molar-refractivity contribution in [1.82, 2.24) is 9.29 Å². The standard InChI is InChI=1S/C11H20N2O4S/c1-9(2)13-7-11(6-10(13)8-14)18(15,16)12-4-5-17-3/h6-7,9,12,14H,4-5,8H2,1-3H3. The summed E-state index contributed by atoms with van der Waals surface area (Å²) in [5.74, 6) is 0. The Balaban J connectivity index is 2.95. The third-order valence-corrected chi connectivity index (χ3v) is 3.96. The number of rotatable bonds is 7. The van der Waals surface area contributed by atoms with Crippen molar-refractivity contribution >= 4 is 10.0 Å². The SMILES string of the molecule is COCCNS(=O)(=O)c1cc(CO)n(C(C)C)c1. The van der Waals surface area contributed by atoms with Gasteiger partial charge in [-0.1, -0.05) is 0 Å². The van der Waals surface area contributed by atoms with E-state index in [1.54, 1.807) is 4.57 Å². The topological polar surface area (TPSA) is 80.6 Å². The van der Waals surface area contributed by atoms with E-state index in [0.29, 0.717) is 12.3 Å². The highest BCUT2D eigenvalue weighted by Gasteiger charge is 2.18. The maximum atomic E-state index is 11.9. The molecule has 0 saturated heterocycles. The molecule has 0 aliphatic heterocycles. The third-order valence-electron chi connectivity index (χ3n) is 2.53. The van der Waals surface area contributed by atoms with Gasteiger partial charge in [-0.15, -0.1) is 0 Å². The Kier molecular flexibility index (Phi) is 5.33. The average Bonchev–Trinajstić information content (AvgIpc) is 2.74. The molecular weight excluding hydrogens is 256 g/mol. The molecule has 6 nitrogen and oxygen atoms in total. The third kappa shape index (κ3) is 3.55. The van der Waals surface area contributed by atoms with E-state index < -0.39 is 10.0 Å². The first-order chi connectivity index (χ1) is 8.42. The smallest absolute Gasteiger partial charge is 0.242 e. The normalized spacial score (nSPS) is 12.3. The summed E-state index contributed by atoms with van der Waals surface area (Å²) in [6.07, 6.45) is 1.53. The lowest BCUT2D eigenvalue weighted by Gasteiger charge is -2.10. The van der Waals surface area contributed by atoms with Crippen LogP contribution in [-0.2, 0) is 21.4 Å². The summed E-state index contributed by atoms with van der Waals surface area (Å²) >= 11 is 0. The van der Waals surface area contributed by atoms with Gasteiger partial charge in [-0.2, -0.15) is 0 Å². The molecule has 0 unspecified atom stereocenters. The second kappa shape index (κ2) is 6.33. The van der Waals surface area contributed by atoms with Crippen LogP contribution in [0.4, 0.5) is 0 Å². The highest BCUT2D eigenvalue weighted by atomic mass is 32.2. The van der Waals surface area contributed by atoms with Crippen LogP contribution in [-0.4, -0.2) is 38.4 Å². The maximum Gasteiger partial charge on any atom is 0.242 e. The zero-order chi connectivity index (χ0) is 13.8. The molecule has 0 saturated carbocycles. The van der Waals surface area contributed by atoms with E-state index in [9.17, 15) is 13.5 Å². The van der Waals surface area contributed by atoms with Crippen molar-refractivity contribution in [1.29, 1.82) is 0 Å². The molecule has 0 amide bonds. The van der Waals surface area contributed by atoms with Gasteiger partial charge in [-0.3, -0.25) is 0 Å². The average molecular weight is 276 g/mol. The van der Waals surface area contributed by atoms with Crippen molar-refractivity contribution in [2.24, 2.45) is 0 Å². The number of hydrogen-bond acceptors (Lipinski definition) is 4. The quantitative estimate of drug-likeness (QED) is 0.710. The van der Waals surface area contributed by atoms with E-state index in [1.165, 1.54) is 19.4 Å². The van der Waals surface area contributed by atoms with Gasteiger partial charge in [0.1, 0.15) is 0 Å². The van der Waals surface area contributed by atoms with E-state index in [1.807, 2.05) is 13.8 Å². The highest BCUT2D eigenvalue weighted by Crippen LogP contribution is 2.18. The van der Waals surface area contributed by atoms with Crippen LogP contribution in [0.1, 0.15) is 25.6 Å². The minimum atomic E-state index is -3.54. The van der Waals surface area contributed by atoms with Crippen molar-refractivity contribution < 1.29 is 18.3 Å². The monoisotopic (exact) mass is 276 g/mol. The van der Waals surface area contributed by atoms with Gasteiger partial charge in [0.2, 0.25) is 10.0 Å². The Labute approximate surface area is 108 Å². The molecular formula is C11H20N2O4S. The van der Waals surface area contributed by atoms with Crippen LogP contribution >= 0.6 is 0 Å². The molecule has 0 aromatic carbocycles. The minimum absolute atomic E-state index is 0.0927. The summed E-state index contributed by atoms with van der Waals surface area (Å²) in [6.45, 7) is 4.20. The van der Waals surface area contributed by atoms with Gasteiger partial charge >= 0.3 is 0 Å². The van der Waals surface area contributed by atoms with Gasteiger partial charge in [0.25, 0.3) is 0 Å². The zero-order valence-corrected chi connectivity index (χ0v) is 11.7. The molecule has 2 N–H and O–H groups in total.